The number of hydrogen-bond donors (Lipinski definition) is 1. The first kappa shape index (κ1) is 12.0. The van der Waals surface area contributed by atoms with E-state index in [2.05, 4.69) is 24.1 Å². The molecule has 3 rings (SSSR count). The monoisotopic (exact) mass is 245 g/mol. The van der Waals surface area contributed by atoms with Crippen molar-refractivity contribution in [3.8, 4) is 0 Å². The van der Waals surface area contributed by atoms with E-state index in [1.54, 1.807) is 0 Å². The van der Waals surface area contributed by atoms with Crippen LogP contribution in [0.2, 0.25) is 0 Å². The van der Waals surface area contributed by atoms with Gasteiger partial charge in [-0.1, -0.05) is 18.9 Å². The van der Waals surface area contributed by atoms with Gasteiger partial charge in [-0.2, -0.15) is 0 Å². The standard InChI is InChI=1S/C15H23N3/c1-18(14-8-3-2-6-12(14)16)15-10-9-11-5-4-7-13(11)17-15/h9-10,12,14H,2-8,16H2,1H3. The van der Waals surface area contributed by atoms with Crippen molar-refractivity contribution in [1.29, 1.82) is 0 Å². The van der Waals surface area contributed by atoms with Crippen molar-refractivity contribution in [3.63, 3.8) is 0 Å². The number of fused-ring (bicyclic) bond motifs is 1. The van der Waals surface area contributed by atoms with Crippen LogP contribution >= 0.6 is 0 Å². The Morgan fingerprint density at radius 1 is 1.17 bits per heavy atom. The van der Waals surface area contributed by atoms with Gasteiger partial charge in [0.05, 0.1) is 0 Å². The molecule has 0 bridgehead atoms. The maximum Gasteiger partial charge on any atom is 0.128 e. The summed E-state index contributed by atoms with van der Waals surface area (Å²) in [4.78, 5) is 7.14. The molecule has 1 aromatic rings. The van der Waals surface area contributed by atoms with Crippen molar-refractivity contribution >= 4 is 5.82 Å². The summed E-state index contributed by atoms with van der Waals surface area (Å²) >= 11 is 0. The van der Waals surface area contributed by atoms with Crippen LogP contribution in [0.15, 0.2) is 12.1 Å². The van der Waals surface area contributed by atoms with Gasteiger partial charge in [0, 0.05) is 24.8 Å². The number of rotatable bonds is 2. The predicted octanol–water partition coefficient (Wildman–Crippen LogP) is 2.28. The van der Waals surface area contributed by atoms with Gasteiger partial charge in [0.1, 0.15) is 5.82 Å². The third kappa shape index (κ3) is 2.12. The molecule has 3 heteroatoms. The van der Waals surface area contributed by atoms with E-state index in [1.807, 2.05) is 0 Å². The highest BCUT2D eigenvalue weighted by molar-refractivity contribution is 5.43. The minimum absolute atomic E-state index is 0.304. The quantitative estimate of drug-likeness (QED) is 0.869. The van der Waals surface area contributed by atoms with Crippen LogP contribution in [-0.4, -0.2) is 24.1 Å². The van der Waals surface area contributed by atoms with Crippen molar-refractivity contribution in [1.82, 2.24) is 4.98 Å². The van der Waals surface area contributed by atoms with Crippen LogP contribution in [0.4, 0.5) is 5.82 Å². The molecule has 1 fully saturated rings. The lowest BCUT2D eigenvalue weighted by molar-refractivity contribution is 0.372. The summed E-state index contributed by atoms with van der Waals surface area (Å²) < 4.78 is 0. The van der Waals surface area contributed by atoms with Crippen LogP contribution < -0.4 is 10.6 Å². The fourth-order valence-corrected chi connectivity index (χ4v) is 3.40. The van der Waals surface area contributed by atoms with Crippen molar-refractivity contribution in [2.24, 2.45) is 5.73 Å². The van der Waals surface area contributed by atoms with E-state index in [9.17, 15) is 0 Å². The summed E-state index contributed by atoms with van der Waals surface area (Å²) in [6.07, 6.45) is 8.55. The maximum absolute atomic E-state index is 6.26. The topological polar surface area (TPSA) is 42.2 Å². The number of aromatic nitrogens is 1. The highest BCUT2D eigenvalue weighted by atomic mass is 15.2. The third-order valence-corrected chi connectivity index (χ3v) is 4.55. The fourth-order valence-electron chi connectivity index (χ4n) is 3.40. The number of pyridine rings is 1. The summed E-state index contributed by atoms with van der Waals surface area (Å²) in [5, 5.41) is 0. The molecule has 2 aliphatic rings. The average Bonchev–Trinajstić information content (AvgIpc) is 2.85. The van der Waals surface area contributed by atoms with Gasteiger partial charge in [-0.05, 0) is 43.7 Å². The first-order valence-corrected chi connectivity index (χ1v) is 7.23. The molecule has 2 aliphatic carbocycles. The van der Waals surface area contributed by atoms with Crippen molar-refractivity contribution in [2.75, 3.05) is 11.9 Å². The lowest BCUT2D eigenvalue weighted by Gasteiger charge is -2.36. The molecule has 2 atom stereocenters. The predicted molar refractivity (Wildman–Crippen MR) is 74.9 cm³/mol. The summed E-state index contributed by atoms with van der Waals surface area (Å²) in [5.74, 6) is 1.11. The second kappa shape index (κ2) is 4.88. The molecular weight excluding hydrogens is 222 g/mol. The fraction of sp³-hybridized carbons (Fsp3) is 0.667. The highest BCUT2D eigenvalue weighted by Crippen LogP contribution is 2.27. The third-order valence-electron chi connectivity index (χ3n) is 4.55. The van der Waals surface area contributed by atoms with Crippen LogP contribution in [0.1, 0.15) is 43.4 Å². The molecule has 1 heterocycles. The first-order valence-electron chi connectivity index (χ1n) is 7.23. The Morgan fingerprint density at radius 3 is 2.83 bits per heavy atom. The van der Waals surface area contributed by atoms with Gasteiger partial charge in [0.25, 0.3) is 0 Å². The van der Waals surface area contributed by atoms with Gasteiger partial charge in [-0.15, -0.1) is 0 Å². The second-order valence-corrected chi connectivity index (χ2v) is 5.76. The molecule has 3 nitrogen and oxygen atoms in total. The number of anilines is 1. The van der Waals surface area contributed by atoms with E-state index in [0.29, 0.717) is 12.1 Å². The van der Waals surface area contributed by atoms with Crippen LogP contribution in [0.5, 0.6) is 0 Å². The normalized spacial score (nSPS) is 27.0. The summed E-state index contributed by atoms with van der Waals surface area (Å²) in [7, 11) is 2.15. The van der Waals surface area contributed by atoms with Crippen LogP contribution in [0.25, 0.3) is 0 Å². The molecule has 2 unspecified atom stereocenters. The van der Waals surface area contributed by atoms with E-state index < -0.39 is 0 Å². The molecule has 1 aromatic heterocycles. The molecule has 0 amide bonds. The average molecular weight is 245 g/mol. The minimum Gasteiger partial charge on any atom is -0.355 e. The van der Waals surface area contributed by atoms with Gasteiger partial charge < -0.3 is 10.6 Å². The summed E-state index contributed by atoms with van der Waals surface area (Å²) in [5.41, 5.74) is 9.01. The Balaban J connectivity index is 1.81. The molecule has 0 radical (unpaired) electrons. The van der Waals surface area contributed by atoms with E-state index in [0.717, 1.165) is 18.7 Å². The zero-order chi connectivity index (χ0) is 12.5. The van der Waals surface area contributed by atoms with Crippen molar-refractivity contribution in [2.45, 2.75) is 57.0 Å². The van der Waals surface area contributed by atoms with E-state index in [-0.39, 0.29) is 0 Å². The Kier molecular flexibility index (Phi) is 3.25. The van der Waals surface area contributed by atoms with Gasteiger partial charge in [-0.25, -0.2) is 4.98 Å². The van der Waals surface area contributed by atoms with Crippen LogP contribution in [-0.2, 0) is 12.8 Å². The molecule has 18 heavy (non-hydrogen) atoms. The van der Waals surface area contributed by atoms with E-state index in [1.165, 1.54) is 43.4 Å². The van der Waals surface area contributed by atoms with E-state index in [4.69, 9.17) is 10.7 Å². The van der Waals surface area contributed by atoms with Crippen LogP contribution in [0, 0.1) is 0 Å². The Bertz CT molecular complexity index is 430. The van der Waals surface area contributed by atoms with Crippen molar-refractivity contribution < 1.29 is 0 Å². The molecular formula is C15H23N3. The van der Waals surface area contributed by atoms with Crippen LogP contribution in [0.3, 0.4) is 0 Å². The smallest absolute Gasteiger partial charge is 0.128 e. The number of aryl methyl sites for hydroxylation is 2. The Hall–Kier alpha value is -1.09. The van der Waals surface area contributed by atoms with Gasteiger partial charge >= 0.3 is 0 Å². The lowest BCUT2D eigenvalue weighted by atomic mass is 9.90. The number of hydrogen-bond acceptors (Lipinski definition) is 3. The highest BCUT2D eigenvalue weighted by Gasteiger charge is 2.26. The summed E-state index contributed by atoms with van der Waals surface area (Å²) in [6, 6.07) is 5.20. The zero-order valence-corrected chi connectivity index (χ0v) is 11.2. The number of likely N-dealkylation sites (N-methyl/N-ethyl adjacent to an activating group) is 1. The largest absolute Gasteiger partial charge is 0.355 e. The SMILES string of the molecule is CN(c1ccc2c(n1)CCC2)C1CCCCC1N. The molecule has 0 aliphatic heterocycles. The molecule has 0 spiro atoms. The molecule has 98 valence electrons. The van der Waals surface area contributed by atoms with Gasteiger partial charge in [-0.3, -0.25) is 0 Å². The Labute approximate surface area is 109 Å². The second-order valence-electron chi connectivity index (χ2n) is 5.76. The van der Waals surface area contributed by atoms with E-state index >= 15 is 0 Å². The van der Waals surface area contributed by atoms with Gasteiger partial charge in [0.2, 0.25) is 0 Å². The molecule has 1 saturated carbocycles. The van der Waals surface area contributed by atoms with Crippen molar-refractivity contribution in [3.05, 3.63) is 23.4 Å². The zero-order valence-electron chi connectivity index (χ0n) is 11.2. The minimum atomic E-state index is 0.304. The first-order chi connectivity index (χ1) is 8.75. The lowest BCUT2D eigenvalue weighted by Crippen LogP contribution is -2.48. The Morgan fingerprint density at radius 2 is 2.00 bits per heavy atom. The number of nitrogens with two attached hydrogens (primary N) is 1. The molecule has 2 N–H and O–H groups in total. The maximum atomic E-state index is 6.26. The molecule has 0 aromatic carbocycles. The van der Waals surface area contributed by atoms with Gasteiger partial charge in [0.15, 0.2) is 0 Å². The summed E-state index contributed by atoms with van der Waals surface area (Å²) in [6.45, 7) is 0. The number of nitrogens with zero attached hydrogens (tertiary/aromatic N) is 2. The molecule has 0 saturated heterocycles.